The smallest absolute Gasteiger partial charge is 0.235 e. The maximum Gasteiger partial charge on any atom is 0.235 e. The Kier molecular flexibility index (Phi) is 6.44. The van der Waals surface area contributed by atoms with E-state index in [4.69, 9.17) is 5.11 Å². The van der Waals surface area contributed by atoms with Crippen molar-refractivity contribution in [2.24, 2.45) is 0 Å². The molecule has 16 heavy (non-hydrogen) atoms. The predicted octanol–water partition coefficient (Wildman–Crippen LogP) is 1.90. The van der Waals surface area contributed by atoms with Gasteiger partial charge in [0.15, 0.2) is 0 Å². The summed E-state index contributed by atoms with van der Waals surface area (Å²) in [5.74, 6) is 1.66. The number of hydrogen-bond donors (Lipinski definition) is 2. The largest absolute Gasteiger partial charge is 0.396 e. The highest BCUT2D eigenvalue weighted by atomic mass is 79.9. The van der Waals surface area contributed by atoms with Gasteiger partial charge in [0.2, 0.25) is 5.91 Å². The topological polar surface area (TPSA) is 62.2 Å². The van der Waals surface area contributed by atoms with Crippen LogP contribution in [0.2, 0.25) is 0 Å². The van der Waals surface area contributed by atoms with Crippen molar-refractivity contribution in [2.75, 3.05) is 23.4 Å². The number of anilines is 1. The Morgan fingerprint density at radius 2 is 2.38 bits per heavy atom. The molecule has 0 saturated carbocycles. The third-order valence-electron chi connectivity index (χ3n) is 1.67. The van der Waals surface area contributed by atoms with E-state index in [1.807, 2.05) is 6.07 Å². The number of pyridine rings is 1. The van der Waals surface area contributed by atoms with Crippen molar-refractivity contribution in [2.45, 2.75) is 6.42 Å². The van der Waals surface area contributed by atoms with Gasteiger partial charge in [0.05, 0.1) is 5.75 Å². The van der Waals surface area contributed by atoms with E-state index in [9.17, 15) is 4.79 Å². The number of halogens is 1. The van der Waals surface area contributed by atoms with Gasteiger partial charge in [-0.25, -0.2) is 4.98 Å². The molecule has 1 amide bonds. The molecule has 0 aliphatic carbocycles. The third kappa shape index (κ3) is 5.48. The summed E-state index contributed by atoms with van der Waals surface area (Å²) < 4.78 is 0.878. The van der Waals surface area contributed by atoms with Crippen LogP contribution in [0.5, 0.6) is 0 Å². The van der Waals surface area contributed by atoms with Gasteiger partial charge in [-0.05, 0) is 40.2 Å². The standard InChI is InChI=1S/C10H13BrN2O2S/c11-8-2-3-9(12-6-8)13-10(15)7-16-5-1-4-14/h2-3,6,14H,1,4-5,7H2,(H,12,13,15). The first kappa shape index (κ1) is 13.5. The van der Waals surface area contributed by atoms with Crippen LogP contribution in [0.3, 0.4) is 0 Å². The molecule has 0 saturated heterocycles. The lowest BCUT2D eigenvalue weighted by Crippen LogP contribution is -2.15. The summed E-state index contributed by atoms with van der Waals surface area (Å²) in [6.45, 7) is 0.170. The molecule has 1 heterocycles. The minimum absolute atomic E-state index is 0.0715. The van der Waals surface area contributed by atoms with Gasteiger partial charge in [0.1, 0.15) is 5.82 Å². The van der Waals surface area contributed by atoms with Crippen molar-refractivity contribution in [1.82, 2.24) is 4.98 Å². The molecule has 88 valence electrons. The molecule has 0 unspecified atom stereocenters. The van der Waals surface area contributed by atoms with Crippen molar-refractivity contribution in [3.8, 4) is 0 Å². The molecule has 1 rings (SSSR count). The number of carbonyl (C=O) groups excluding carboxylic acids is 1. The van der Waals surface area contributed by atoms with Crippen LogP contribution in [0.15, 0.2) is 22.8 Å². The lowest BCUT2D eigenvalue weighted by molar-refractivity contribution is -0.113. The lowest BCUT2D eigenvalue weighted by Gasteiger charge is -2.03. The number of aliphatic hydroxyl groups excluding tert-OH is 1. The fourth-order valence-electron chi connectivity index (χ4n) is 0.960. The van der Waals surface area contributed by atoms with Crippen LogP contribution in [0.4, 0.5) is 5.82 Å². The molecular formula is C10H13BrN2O2S. The van der Waals surface area contributed by atoms with Crippen LogP contribution >= 0.6 is 27.7 Å². The molecule has 0 atom stereocenters. The highest BCUT2D eigenvalue weighted by Gasteiger charge is 2.02. The predicted molar refractivity (Wildman–Crippen MR) is 69.6 cm³/mol. The number of hydrogen-bond acceptors (Lipinski definition) is 4. The first-order chi connectivity index (χ1) is 7.72. The van der Waals surface area contributed by atoms with Crippen molar-refractivity contribution < 1.29 is 9.90 Å². The molecule has 1 aromatic rings. The van der Waals surface area contributed by atoms with E-state index in [1.165, 1.54) is 11.8 Å². The Morgan fingerprint density at radius 3 is 3.00 bits per heavy atom. The summed E-state index contributed by atoms with van der Waals surface area (Å²) in [5.41, 5.74) is 0. The first-order valence-corrected chi connectivity index (χ1v) is 6.77. The first-order valence-electron chi connectivity index (χ1n) is 4.82. The van der Waals surface area contributed by atoms with E-state index in [0.29, 0.717) is 18.0 Å². The van der Waals surface area contributed by atoms with Crippen LogP contribution in [0.25, 0.3) is 0 Å². The molecule has 2 N–H and O–H groups in total. The van der Waals surface area contributed by atoms with Gasteiger partial charge in [-0.3, -0.25) is 4.79 Å². The average molecular weight is 305 g/mol. The van der Waals surface area contributed by atoms with E-state index in [-0.39, 0.29) is 12.5 Å². The maximum absolute atomic E-state index is 11.4. The summed E-state index contributed by atoms with van der Waals surface area (Å²) in [6.07, 6.45) is 2.35. The summed E-state index contributed by atoms with van der Waals surface area (Å²) in [5, 5.41) is 11.3. The fourth-order valence-corrected chi connectivity index (χ4v) is 1.93. The monoisotopic (exact) mass is 304 g/mol. The van der Waals surface area contributed by atoms with Crippen molar-refractivity contribution >= 4 is 39.4 Å². The van der Waals surface area contributed by atoms with Gasteiger partial charge >= 0.3 is 0 Å². The number of nitrogens with one attached hydrogen (secondary N) is 1. The SMILES string of the molecule is O=C(CSCCCO)Nc1ccc(Br)cn1. The highest BCUT2D eigenvalue weighted by Crippen LogP contribution is 2.11. The molecule has 0 aliphatic rings. The second-order valence-corrected chi connectivity index (χ2v) is 5.06. The Labute approximate surface area is 107 Å². The lowest BCUT2D eigenvalue weighted by atomic mass is 10.4. The number of amides is 1. The minimum Gasteiger partial charge on any atom is -0.396 e. The molecular weight excluding hydrogens is 292 g/mol. The van der Waals surface area contributed by atoms with Crippen LogP contribution in [0, 0.1) is 0 Å². The Bertz CT molecular complexity index is 332. The Balaban J connectivity index is 2.26. The quantitative estimate of drug-likeness (QED) is 0.788. The van der Waals surface area contributed by atoms with E-state index in [1.54, 1.807) is 12.3 Å². The fraction of sp³-hybridized carbons (Fsp3) is 0.400. The molecule has 0 bridgehead atoms. The zero-order chi connectivity index (χ0) is 11.8. The van der Waals surface area contributed by atoms with Gasteiger partial charge in [-0.1, -0.05) is 0 Å². The van der Waals surface area contributed by atoms with E-state index in [0.717, 1.165) is 10.2 Å². The Hall–Kier alpha value is -0.590. The molecule has 0 radical (unpaired) electrons. The molecule has 6 heteroatoms. The maximum atomic E-state index is 11.4. The van der Waals surface area contributed by atoms with E-state index < -0.39 is 0 Å². The number of nitrogens with zero attached hydrogens (tertiary/aromatic N) is 1. The van der Waals surface area contributed by atoms with Crippen LogP contribution in [0.1, 0.15) is 6.42 Å². The summed E-state index contributed by atoms with van der Waals surface area (Å²) >= 11 is 4.77. The summed E-state index contributed by atoms with van der Waals surface area (Å²) in [6, 6.07) is 3.56. The van der Waals surface area contributed by atoms with E-state index >= 15 is 0 Å². The van der Waals surface area contributed by atoms with Gasteiger partial charge in [-0.15, -0.1) is 0 Å². The number of aliphatic hydroxyl groups is 1. The number of carbonyl (C=O) groups is 1. The van der Waals surface area contributed by atoms with Gasteiger partial charge in [0.25, 0.3) is 0 Å². The normalized spacial score (nSPS) is 10.1. The molecule has 0 aliphatic heterocycles. The van der Waals surface area contributed by atoms with Gasteiger partial charge in [-0.2, -0.15) is 11.8 Å². The Morgan fingerprint density at radius 1 is 1.56 bits per heavy atom. The van der Waals surface area contributed by atoms with Crippen LogP contribution in [-0.2, 0) is 4.79 Å². The molecule has 4 nitrogen and oxygen atoms in total. The average Bonchev–Trinajstić information content (AvgIpc) is 2.28. The van der Waals surface area contributed by atoms with Crippen LogP contribution in [-0.4, -0.2) is 34.1 Å². The number of rotatable bonds is 6. The van der Waals surface area contributed by atoms with Crippen molar-refractivity contribution in [1.29, 1.82) is 0 Å². The molecule has 1 aromatic heterocycles. The van der Waals surface area contributed by atoms with Crippen molar-refractivity contribution in [3.05, 3.63) is 22.8 Å². The summed E-state index contributed by atoms with van der Waals surface area (Å²) in [7, 11) is 0. The highest BCUT2D eigenvalue weighted by molar-refractivity contribution is 9.10. The van der Waals surface area contributed by atoms with Crippen LogP contribution < -0.4 is 5.32 Å². The molecule has 0 fully saturated rings. The minimum atomic E-state index is -0.0715. The van der Waals surface area contributed by atoms with Gasteiger partial charge < -0.3 is 10.4 Å². The van der Waals surface area contributed by atoms with Gasteiger partial charge in [0, 0.05) is 17.3 Å². The zero-order valence-corrected chi connectivity index (χ0v) is 11.1. The molecule has 0 spiro atoms. The third-order valence-corrected chi connectivity index (χ3v) is 3.19. The number of thioether (sulfide) groups is 1. The second-order valence-electron chi connectivity index (χ2n) is 3.04. The van der Waals surface area contributed by atoms with Crippen molar-refractivity contribution in [3.63, 3.8) is 0 Å². The second kappa shape index (κ2) is 7.65. The molecule has 0 aromatic carbocycles. The summed E-state index contributed by atoms with van der Waals surface area (Å²) in [4.78, 5) is 15.4. The van der Waals surface area contributed by atoms with E-state index in [2.05, 4.69) is 26.2 Å². The number of aromatic nitrogens is 1. The zero-order valence-electron chi connectivity index (χ0n) is 8.65.